The van der Waals surface area contributed by atoms with E-state index in [1.165, 1.54) is 6.07 Å². The molecule has 0 aliphatic heterocycles. The SMILES string of the molecule is NC(CCC(=O)O)C(=O)NCc1ccccc1F. The normalized spacial score (nSPS) is 11.9. The van der Waals surface area contributed by atoms with Crippen LogP contribution in [-0.4, -0.2) is 23.0 Å². The molecule has 6 heteroatoms. The fourth-order valence-corrected chi connectivity index (χ4v) is 1.37. The lowest BCUT2D eigenvalue weighted by Gasteiger charge is -2.11. The monoisotopic (exact) mass is 254 g/mol. The van der Waals surface area contributed by atoms with Crippen LogP contribution in [0.15, 0.2) is 24.3 Å². The van der Waals surface area contributed by atoms with Gasteiger partial charge in [-0.2, -0.15) is 0 Å². The molecule has 0 saturated carbocycles. The number of carboxylic acid groups (broad SMARTS) is 1. The topological polar surface area (TPSA) is 92.4 Å². The zero-order chi connectivity index (χ0) is 13.5. The maximum atomic E-state index is 13.2. The number of hydrogen-bond donors (Lipinski definition) is 3. The molecule has 0 fully saturated rings. The van der Waals surface area contributed by atoms with E-state index in [4.69, 9.17) is 10.8 Å². The van der Waals surface area contributed by atoms with Gasteiger partial charge in [-0.25, -0.2) is 4.39 Å². The first-order valence-electron chi connectivity index (χ1n) is 5.49. The number of benzene rings is 1. The molecule has 0 saturated heterocycles. The molecule has 5 nitrogen and oxygen atoms in total. The van der Waals surface area contributed by atoms with Crippen molar-refractivity contribution in [2.24, 2.45) is 5.73 Å². The molecule has 0 aliphatic carbocycles. The van der Waals surface area contributed by atoms with E-state index in [0.29, 0.717) is 5.56 Å². The highest BCUT2D eigenvalue weighted by Crippen LogP contribution is 2.05. The Labute approximate surface area is 104 Å². The van der Waals surface area contributed by atoms with Gasteiger partial charge in [0, 0.05) is 18.5 Å². The highest BCUT2D eigenvalue weighted by molar-refractivity contribution is 5.82. The van der Waals surface area contributed by atoms with E-state index in [0.717, 1.165) is 0 Å². The minimum Gasteiger partial charge on any atom is -0.481 e. The van der Waals surface area contributed by atoms with Gasteiger partial charge >= 0.3 is 5.97 Å². The van der Waals surface area contributed by atoms with Crippen LogP contribution in [0.25, 0.3) is 0 Å². The fourth-order valence-electron chi connectivity index (χ4n) is 1.37. The Hall–Kier alpha value is -1.95. The van der Waals surface area contributed by atoms with Crippen molar-refractivity contribution in [3.63, 3.8) is 0 Å². The summed E-state index contributed by atoms with van der Waals surface area (Å²) in [6, 6.07) is 5.17. The van der Waals surface area contributed by atoms with Crippen molar-refractivity contribution in [3.8, 4) is 0 Å². The molecule has 18 heavy (non-hydrogen) atoms. The summed E-state index contributed by atoms with van der Waals surface area (Å²) in [6.07, 6.45) is -0.118. The molecule has 0 aromatic heterocycles. The molecule has 0 spiro atoms. The molecule has 1 rings (SSSR count). The van der Waals surface area contributed by atoms with Crippen LogP contribution in [0.2, 0.25) is 0 Å². The zero-order valence-corrected chi connectivity index (χ0v) is 9.73. The molecule has 1 atom stereocenters. The minimum atomic E-state index is -1.01. The molecule has 1 aromatic carbocycles. The Morgan fingerprint density at radius 3 is 2.67 bits per heavy atom. The number of hydrogen-bond acceptors (Lipinski definition) is 3. The summed E-state index contributed by atoms with van der Waals surface area (Å²) < 4.78 is 13.2. The Kier molecular flexibility index (Phi) is 5.26. The van der Waals surface area contributed by atoms with E-state index in [1.54, 1.807) is 18.2 Å². The first-order valence-corrected chi connectivity index (χ1v) is 5.49. The third kappa shape index (κ3) is 4.50. The Morgan fingerprint density at radius 2 is 2.06 bits per heavy atom. The second-order valence-corrected chi connectivity index (χ2v) is 3.85. The van der Waals surface area contributed by atoms with Crippen molar-refractivity contribution in [1.82, 2.24) is 5.32 Å². The lowest BCUT2D eigenvalue weighted by atomic mass is 10.1. The van der Waals surface area contributed by atoms with Gasteiger partial charge in [0.15, 0.2) is 0 Å². The van der Waals surface area contributed by atoms with E-state index in [9.17, 15) is 14.0 Å². The number of nitrogens with one attached hydrogen (secondary N) is 1. The molecular formula is C12H15FN2O3. The number of aliphatic carboxylic acids is 1. The van der Waals surface area contributed by atoms with Crippen LogP contribution in [0.5, 0.6) is 0 Å². The third-order valence-corrected chi connectivity index (χ3v) is 2.42. The van der Waals surface area contributed by atoms with Crippen molar-refractivity contribution >= 4 is 11.9 Å². The molecule has 0 bridgehead atoms. The fraction of sp³-hybridized carbons (Fsp3) is 0.333. The maximum Gasteiger partial charge on any atom is 0.303 e. The van der Waals surface area contributed by atoms with Gasteiger partial charge in [0.1, 0.15) is 5.82 Å². The number of halogens is 1. The van der Waals surface area contributed by atoms with E-state index in [-0.39, 0.29) is 19.4 Å². The summed E-state index contributed by atoms with van der Waals surface area (Å²) in [5, 5.41) is 10.9. The van der Waals surface area contributed by atoms with Crippen molar-refractivity contribution in [2.45, 2.75) is 25.4 Å². The van der Waals surface area contributed by atoms with Crippen LogP contribution in [0, 0.1) is 5.82 Å². The average molecular weight is 254 g/mol. The lowest BCUT2D eigenvalue weighted by molar-refractivity contribution is -0.137. The molecule has 1 unspecified atom stereocenters. The second kappa shape index (κ2) is 6.70. The molecular weight excluding hydrogens is 239 g/mol. The first kappa shape index (κ1) is 14.1. The Bertz CT molecular complexity index is 437. The highest BCUT2D eigenvalue weighted by Gasteiger charge is 2.14. The minimum absolute atomic E-state index is 0.0340. The Balaban J connectivity index is 2.41. The number of carbonyl (C=O) groups is 2. The van der Waals surface area contributed by atoms with Crippen LogP contribution >= 0.6 is 0 Å². The molecule has 4 N–H and O–H groups in total. The molecule has 0 heterocycles. The van der Waals surface area contributed by atoms with Gasteiger partial charge in [0.2, 0.25) is 5.91 Å². The molecule has 98 valence electrons. The number of carbonyl (C=O) groups excluding carboxylic acids is 1. The molecule has 0 aliphatic rings. The van der Waals surface area contributed by atoms with Gasteiger partial charge < -0.3 is 16.2 Å². The van der Waals surface area contributed by atoms with E-state index in [1.807, 2.05) is 0 Å². The van der Waals surface area contributed by atoms with Crippen molar-refractivity contribution in [3.05, 3.63) is 35.6 Å². The van der Waals surface area contributed by atoms with Crippen LogP contribution in [0.3, 0.4) is 0 Å². The van der Waals surface area contributed by atoms with Gasteiger partial charge in [-0.1, -0.05) is 18.2 Å². The summed E-state index contributed by atoms with van der Waals surface area (Å²) in [7, 11) is 0. The van der Waals surface area contributed by atoms with Crippen LogP contribution in [-0.2, 0) is 16.1 Å². The molecule has 1 amide bonds. The van der Waals surface area contributed by atoms with E-state index < -0.39 is 23.7 Å². The third-order valence-electron chi connectivity index (χ3n) is 2.42. The smallest absolute Gasteiger partial charge is 0.303 e. The summed E-state index contributed by atoms with van der Waals surface area (Å²) in [4.78, 5) is 21.8. The van der Waals surface area contributed by atoms with Gasteiger partial charge in [0.25, 0.3) is 0 Å². The summed E-state index contributed by atoms with van der Waals surface area (Å²) in [5.41, 5.74) is 5.86. The second-order valence-electron chi connectivity index (χ2n) is 3.85. The van der Waals surface area contributed by atoms with Crippen LogP contribution < -0.4 is 11.1 Å². The van der Waals surface area contributed by atoms with Crippen LogP contribution in [0.1, 0.15) is 18.4 Å². The quantitative estimate of drug-likeness (QED) is 0.694. The van der Waals surface area contributed by atoms with Gasteiger partial charge in [-0.05, 0) is 12.5 Å². The van der Waals surface area contributed by atoms with Crippen molar-refractivity contribution < 1.29 is 19.1 Å². The largest absolute Gasteiger partial charge is 0.481 e. The lowest BCUT2D eigenvalue weighted by Crippen LogP contribution is -2.40. The van der Waals surface area contributed by atoms with Crippen molar-refractivity contribution in [1.29, 1.82) is 0 Å². The zero-order valence-electron chi connectivity index (χ0n) is 9.73. The van der Waals surface area contributed by atoms with Crippen LogP contribution in [0.4, 0.5) is 4.39 Å². The predicted molar refractivity (Wildman–Crippen MR) is 63.1 cm³/mol. The highest BCUT2D eigenvalue weighted by atomic mass is 19.1. The van der Waals surface area contributed by atoms with Crippen molar-refractivity contribution in [2.75, 3.05) is 0 Å². The van der Waals surface area contributed by atoms with Gasteiger partial charge in [-0.15, -0.1) is 0 Å². The summed E-state index contributed by atoms with van der Waals surface area (Å²) >= 11 is 0. The van der Waals surface area contributed by atoms with Gasteiger partial charge in [0.05, 0.1) is 6.04 Å². The number of carboxylic acids is 1. The van der Waals surface area contributed by atoms with Gasteiger partial charge in [-0.3, -0.25) is 9.59 Å². The maximum absolute atomic E-state index is 13.2. The summed E-state index contributed by atoms with van der Waals surface area (Å²) in [6.45, 7) is 0.0340. The standard InChI is InChI=1S/C12H15FN2O3/c13-9-4-2-1-3-8(9)7-15-12(18)10(14)5-6-11(16)17/h1-4,10H,5-7,14H2,(H,15,18)(H,16,17). The number of amides is 1. The number of nitrogens with two attached hydrogens (primary N) is 1. The number of rotatable bonds is 6. The molecule has 0 radical (unpaired) electrons. The molecule has 1 aromatic rings. The Morgan fingerprint density at radius 1 is 1.39 bits per heavy atom. The average Bonchev–Trinajstić information content (AvgIpc) is 2.34. The van der Waals surface area contributed by atoms with E-state index in [2.05, 4.69) is 5.32 Å². The predicted octanol–water partition coefficient (Wildman–Crippen LogP) is 0.634. The van der Waals surface area contributed by atoms with E-state index >= 15 is 0 Å². The summed E-state index contributed by atoms with van der Waals surface area (Å²) in [5.74, 6) is -1.90. The first-order chi connectivity index (χ1) is 8.50.